The quantitative estimate of drug-likeness (QED) is 0.372. The van der Waals surface area contributed by atoms with E-state index in [-0.39, 0.29) is 29.6 Å². The summed E-state index contributed by atoms with van der Waals surface area (Å²) in [7, 11) is 1.70. The van der Waals surface area contributed by atoms with Crippen molar-refractivity contribution in [3.8, 4) is 0 Å². The van der Waals surface area contributed by atoms with E-state index in [0.717, 1.165) is 64.4 Å². The number of aliphatic hydroxyl groups is 1. The van der Waals surface area contributed by atoms with Gasteiger partial charge in [-0.25, -0.2) is 4.79 Å². The molecule has 0 saturated heterocycles. The van der Waals surface area contributed by atoms with E-state index in [0.29, 0.717) is 12.3 Å². The molecule has 24 heavy (non-hydrogen) atoms. The zero-order chi connectivity index (χ0) is 17.4. The number of hydrogen-bond donors (Lipinski definition) is 1. The van der Waals surface area contributed by atoms with E-state index < -0.39 is 5.97 Å². The van der Waals surface area contributed by atoms with Crippen LogP contribution in [0.25, 0.3) is 0 Å². The van der Waals surface area contributed by atoms with Gasteiger partial charge in [-0.3, -0.25) is 4.79 Å². The first kappa shape index (κ1) is 19.0. The van der Waals surface area contributed by atoms with E-state index in [1.807, 2.05) is 0 Å². The second-order valence-corrected chi connectivity index (χ2v) is 7.03. The summed E-state index contributed by atoms with van der Waals surface area (Å²) < 4.78 is 10.4. The third-order valence-electron chi connectivity index (χ3n) is 5.04. The summed E-state index contributed by atoms with van der Waals surface area (Å²) in [5.41, 5.74) is -0.0988. The molecular formula is C19H30O5. The Morgan fingerprint density at radius 3 is 2.58 bits per heavy atom. The average molecular weight is 338 g/mol. The molecule has 1 aliphatic heterocycles. The molecule has 0 aromatic carbocycles. The monoisotopic (exact) mass is 338 g/mol. The number of cyclic esters (lactones) is 1. The fraction of sp³-hybridized carbons (Fsp3) is 0.789. The van der Waals surface area contributed by atoms with Crippen LogP contribution in [0.1, 0.15) is 70.6 Å². The first-order valence-corrected chi connectivity index (χ1v) is 9.27. The smallest absolute Gasteiger partial charge is 0.345 e. The van der Waals surface area contributed by atoms with Crippen LogP contribution in [0.15, 0.2) is 11.3 Å². The summed E-state index contributed by atoms with van der Waals surface area (Å²) in [4.78, 5) is 24.4. The van der Waals surface area contributed by atoms with Gasteiger partial charge in [0.1, 0.15) is 17.4 Å². The van der Waals surface area contributed by atoms with Crippen LogP contribution in [0.5, 0.6) is 0 Å². The van der Waals surface area contributed by atoms with Crippen molar-refractivity contribution < 1.29 is 24.2 Å². The van der Waals surface area contributed by atoms with Crippen molar-refractivity contribution in [2.75, 3.05) is 13.7 Å². The molecule has 0 spiro atoms. The maximum atomic E-state index is 12.3. The molecule has 1 fully saturated rings. The molecule has 0 radical (unpaired) electrons. The number of carbonyl (C=O) groups is 2. The van der Waals surface area contributed by atoms with E-state index in [2.05, 4.69) is 0 Å². The fourth-order valence-corrected chi connectivity index (χ4v) is 3.67. The Bertz CT molecular complexity index is 462. The van der Waals surface area contributed by atoms with Crippen molar-refractivity contribution in [2.24, 2.45) is 5.92 Å². The zero-order valence-electron chi connectivity index (χ0n) is 14.7. The second kappa shape index (κ2) is 9.82. The van der Waals surface area contributed by atoms with E-state index >= 15 is 0 Å². The van der Waals surface area contributed by atoms with Gasteiger partial charge in [-0.15, -0.1) is 0 Å². The Hall–Kier alpha value is -1.36. The Balaban J connectivity index is 1.77. The van der Waals surface area contributed by atoms with Crippen LogP contribution in [-0.2, 0) is 19.1 Å². The molecule has 5 nitrogen and oxygen atoms in total. The van der Waals surface area contributed by atoms with Crippen LogP contribution in [-0.4, -0.2) is 36.7 Å². The number of esters is 1. The Morgan fingerprint density at radius 1 is 1.21 bits per heavy atom. The summed E-state index contributed by atoms with van der Waals surface area (Å²) in [6.45, 7) is 0.772. The van der Waals surface area contributed by atoms with E-state index in [9.17, 15) is 14.7 Å². The fourth-order valence-electron chi connectivity index (χ4n) is 3.67. The minimum absolute atomic E-state index is 0.0707. The van der Waals surface area contributed by atoms with Crippen LogP contribution >= 0.6 is 0 Å². The van der Waals surface area contributed by atoms with Gasteiger partial charge in [-0.1, -0.05) is 38.5 Å². The standard InChI is InChI=1S/C19H30O5/c1-23-11-7-3-2-4-10-15-13-17(21)18(19(22)24-15)16(20)12-14-8-5-6-9-14/h14-15,21H,2-13H2,1H3. The summed E-state index contributed by atoms with van der Waals surface area (Å²) in [6, 6.07) is 0. The van der Waals surface area contributed by atoms with Crippen LogP contribution in [0.2, 0.25) is 0 Å². The molecule has 1 saturated carbocycles. The lowest BCUT2D eigenvalue weighted by Crippen LogP contribution is -2.30. The van der Waals surface area contributed by atoms with Crippen molar-refractivity contribution in [1.29, 1.82) is 0 Å². The molecule has 0 bridgehead atoms. The molecule has 1 unspecified atom stereocenters. The minimum atomic E-state index is -0.633. The molecule has 1 atom stereocenters. The van der Waals surface area contributed by atoms with Gasteiger partial charge in [0.15, 0.2) is 5.78 Å². The largest absolute Gasteiger partial charge is 0.511 e. The lowest BCUT2D eigenvalue weighted by molar-refractivity contribution is -0.148. The molecule has 0 aromatic heterocycles. The molecule has 5 heteroatoms. The number of ketones is 1. The predicted molar refractivity (Wildman–Crippen MR) is 90.7 cm³/mol. The van der Waals surface area contributed by atoms with E-state index in [1.165, 1.54) is 0 Å². The number of hydrogen-bond acceptors (Lipinski definition) is 5. The normalized spacial score (nSPS) is 22.0. The summed E-state index contributed by atoms with van der Waals surface area (Å²) in [6.07, 6.45) is 9.56. The van der Waals surface area contributed by atoms with Crippen LogP contribution in [0.4, 0.5) is 0 Å². The number of methoxy groups -OCH3 is 1. The van der Waals surface area contributed by atoms with Gasteiger partial charge < -0.3 is 14.6 Å². The van der Waals surface area contributed by atoms with Gasteiger partial charge in [-0.05, 0) is 25.2 Å². The molecule has 1 heterocycles. The third kappa shape index (κ3) is 5.62. The molecule has 2 aliphatic rings. The molecule has 0 amide bonds. The first-order chi connectivity index (χ1) is 11.6. The van der Waals surface area contributed by atoms with Crippen molar-refractivity contribution in [3.05, 3.63) is 11.3 Å². The highest BCUT2D eigenvalue weighted by molar-refractivity contribution is 6.18. The second-order valence-electron chi connectivity index (χ2n) is 7.03. The number of carbonyl (C=O) groups excluding carboxylic acids is 2. The lowest BCUT2D eigenvalue weighted by atomic mass is 9.93. The molecular weight excluding hydrogens is 308 g/mol. The lowest BCUT2D eigenvalue weighted by Gasteiger charge is -2.24. The Morgan fingerprint density at radius 2 is 1.92 bits per heavy atom. The van der Waals surface area contributed by atoms with Crippen LogP contribution < -0.4 is 0 Å². The van der Waals surface area contributed by atoms with Crippen molar-refractivity contribution in [2.45, 2.75) is 76.7 Å². The van der Waals surface area contributed by atoms with Crippen LogP contribution in [0, 0.1) is 5.92 Å². The highest BCUT2D eigenvalue weighted by Crippen LogP contribution is 2.31. The van der Waals surface area contributed by atoms with Crippen molar-refractivity contribution in [1.82, 2.24) is 0 Å². The van der Waals surface area contributed by atoms with E-state index in [4.69, 9.17) is 9.47 Å². The molecule has 1 aliphatic carbocycles. The maximum Gasteiger partial charge on any atom is 0.345 e. The molecule has 0 aromatic rings. The predicted octanol–water partition coefficient (Wildman–Crippen LogP) is 3.86. The molecule has 136 valence electrons. The number of ether oxygens (including phenoxy) is 2. The maximum absolute atomic E-state index is 12.3. The number of rotatable bonds is 10. The average Bonchev–Trinajstić information content (AvgIpc) is 3.03. The van der Waals surface area contributed by atoms with Crippen molar-refractivity contribution >= 4 is 11.8 Å². The van der Waals surface area contributed by atoms with E-state index in [1.54, 1.807) is 7.11 Å². The van der Waals surface area contributed by atoms with Gasteiger partial charge in [0.05, 0.1) is 0 Å². The number of unbranched alkanes of at least 4 members (excludes halogenated alkanes) is 3. The first-order valence-electron chi connectivity index (χ1n) is 9.27. The van der Waals surface area contributed by atoms with Gasteiger partial charge in [0.25, 0.3) is 0 Å². The van der Waals surface area contributed by atoms with Gasteiger partial charge in [-0.2, -0.15) is 0 Å². The summed E-state index contributed by atoms with van der Waals surface area (Å²) >= 11 is 0. The van der Waals surface area contributed by atoms with Gasteiger partial charge >= 0.3 is 5.97 Å². The topological polar surface area (TPSA) is 72.8 Å². The summed E-state index contributed by atoms with van der Waals surface area (Å²) in [5.74, 6) is -0.595. The highest BCUT2D eigenvalue weighted by atomic mass is 16.5. The number of Topliss-reactive ketones (excluding diaryl/α,β-unsaturated/α-hetero) is 1. The summed E-state index contributed by atoms with van der Waals surface area (Å²) in [5, 5.41) is 10.2. The SMILES string of the molecule is COCCCCCCC1CC(O)=C(C(=O)CC2CCCC2)C(=O)O1. The highest BCUT2D eigenvalue weighted by Gasteiger charge is 2.34. The van der Waals surface area contributed by atoms with Crippen molar-refractivity contribution in [3.63, 3.8) is 0 Å². The minimum Gasteiger partial charge on any atom is -0.511 e. The van der Waals surface area contributed by atoms with Crippen LogP contribution in [0.3, 0.4) is 0 Å². The Labute approximate surface area is 144 Å². The number of aliphatic hydroxyl groups excluding tert-OH is 1. The third-order valence-corrected chi connectivity index (χ3v) is 5.04. The van der Waals surface area contributed by atoms with Gasteiger partial charge in [0, 0.05) is 26.6 Å². The zero-order valence-corrected chi connectivity index (χ0v) is 14.7. The van der Waals surface area contributed by atoms with Gasteiger partial charge in [0.2, 0.25) is 0 Å². The molecule has 1 N–H and O–H groups in total. The Kier molecular flexibility index (Phi) is 7.76. The molecule has 2 rings (SSSR count).